The van der Waals surface area contributed by atoms with Gasteiger partial charge in [-0.1, -0.05) is 41.9 Å². The molecule has 2 rings (SSSR count). The van der Waals surface area contributed by atoms with Gasteiger partial charge in [0.05, 0.1) is 11.4 Å². The maximum atomic E-state index is 6.11. The largest absolute Gasteiger partial charge is 0.312 e. The number of imidazole rings is 1. The highest BCUT2D eigenvalue weighted by molar-refractivity contribution is 6.50. The molecule has 3 heteroatoms. The van der Waals surface area contributed by atoms with Crippen LogP contribution in [0.1, 0.15) is 5.56 Å². The third-order valence-electron chi connectivity index (χ3n) is 1.84. The van der Waals surface area contributed by atoms with Gasteiger partial charge in [0.1, 0.15) is 0 Å². The number of aromatic nitrogens is 2. The van der Waals surface area contributed by atoms with E-state index in [1.807, 2.05) is 47.3 Å². The highest BCUT2D eigenvalue weighted by atomic mass is 35.5. The molecule has 0 aliphatic rings. The molecule has 2 nitrogen and oxygen atoms in total. The van der Waals surface area contributed by atoms with Gasteiger partial charge in [-0.3, -0.25) is 0 Å². The monoisotopic (exact) mass is 204 g/mol. The van der Waals surface area contributed by atoms with Gasteiger partial charge in [0.25, 0.3) is 0 Å². The number of nitrogens with zero attached hydrogens (tertiary/aromatic N) is 2. The van der Waals surface area contributed by atoms with E-state index >= 15 is 0 Å². The normalized spacial score (nSPS) is 11.6. The van der Waals surface area contributed by atoms with Crippen LogP contribution in [0.3, 0.4) is 0 Å². The molecule has 0 saturated heterocycles. The predicted octanol–water partition coefficient (Wildman–Crippen LogP) is 3.08. The Kier molecular flexibility index (Phi) is 2.65. The molecule has 0 unspecified atom stereocenters. The van der Waals surface area contributed by atoms with E-state index in [2.05, 4.69) is 4.98 Å². The molecule has 0 aliphatic carbocycles. The smallest absolute Gasteiger partial charge is 0.0987 e. The molecule has 70 valence electrons. The predicted molar refractivity (Wildman–Crippen MR) is 58.7 cm³/mol. The van der Waals surface area contributed by atoms with Crippen molar-refractivity contribution >= 4 is 22.8 Å². The minimum atomic E-state index is 0.698. The summed E-state index contributed by atoms with van der Waals surface area (Å²) in [7, 11) is 0. The SMILES string of the molecule is Cl/C(=C\n1ccnc1)c1ccccc1. The van der Waals surface area contributed by atoms with E-state index in [4.69, 9.17) is 11.6 Å². The summed E-state index contributed by atoms with van der Waals surface area (Å²) in [4.78, 5) is 3.93. The molecule has 0 radical (unpaired) electrons. The zero-order valence-corrected chi connectivity index (χ0v) is 8.22. The average molecular weight is 205 g/mol. The van der Waals surface area contributed by atoms with Crippen molar-refractivity contribution in [2.75, 3.05) is 0 Å². The topological polar surface area (TPSA) is 17.8 Å². The first kappa shape index (κ1) is 9.03. The van der Waals surface area contributed by atoms with Crippen molar-refractivity contribution in [3.05, 3.63) is 54.6 Å². The van der Waals surface area contributed by atoms with Crippen molar-refractivity contribution in [1.29, 1.82) is 0 Å². The van der Waals surface area contributed by atoms with Crippen LogP contribution in [0.5, 0.6) is 0 Å². The van der Waals surface area contributed by atoms with Gasteiger partial charge >= 0.3 is 0 Å². The van der Waals surface area contributed by atoms with E-state index in [0.717, 1.165) is 5.56 Å². The van der Waals surface area contributed by atoms with Crippen molar-refractivity contribution in [2.24, 2.45) is 0 Å². The van der Waals surface area contributed by atoms with Gasteiger partial charge in [0.15, 0.2) is 0 Å². The first-order chi connectivity index (χ1) is 6.86. The zero-order chi connectivity index (χ0) is 9.80. The molecule has 14 heavy (non-hydrogen) atoms. The number of hydrogen-bond donors (Lipinski definition) is 0. The van der Waals surface area contributed by atoms with Crippen molar-refractivity contribution < 1.29 is 0 Å². The van der Waals surface area contributed by atoms with E-state index in [1.165, 1.54) is 0 Å². The summed E-state index contributed by atoms with van der Waals surface area (Å²) in [6.07, 6.45) is 7.08. The van der Waals surface area contributed by atoms with Gasteiger partial charge in [-0.15, -0.1) is 0 Å². The molecule has 0 atom stereocenters. The summed E-state index contributed by atoms with van der Waals surface area (Å²) in [5.41, 5.74) is 1.00. The molecule has 0 amide bonds. The lowest BCUT2D eigenvalue weighted by Crippen LogP contribution is -1.82. The maximum Gasteiger partial charge on any atom is 0.0987 e. The lowest BCUT2D eigenvalue weighted by molar-refractivity contribution is 1.14. The minimum absolute atomic E-state index is 0.698. The molecule has 1 aromatic heterocycles. The Labute approximate surface area is 87.5 Å². The van der Waals surface area contributed by atoms with Crippen molar-refractivity contribution in [2.45, 2.75) is 0 Å². The Balaban J connectivity index is 2.29. The van der Waals surface area contributed by atoms with Gasteiger partial charge in [0.2, 0.25) is 0 Å². The summed E-state index contributed by atoms with van der Waals surface area (Å²) >= 11 is 6.11. The highest BCUT2D eigenvalue weighted by Crippen LogP contribution is 2.18. The molecule has 0 spiro atoms. The Hall–Kier alpha value is -1.54. The standard InChI is InChI=1S/C11H9ClN2/c12-11(8-14-7-6-13-9-14)10-4-2-1-3-5-10/h1-9H/b11-8-. The molecule has 2 aromatic rings. The quantitative estimate of drug-likeness (QED) is 0.735. The Morgan fingerprint density at radius 2 is 2.07 bits per heavy atom. The lowest BCUT2D eigenvalue weighted by atomic mass is 10.2. The molecular formula is C11H9ClN2. The van der Waals surface area contributed by atoms with E-state index in [1.54, 1.807) is 12.5 Å². The van der Waals surface area contributed by atoms with E-state index in [0.29, 0.717) is 5.03 Å². The third kappa shape index (κ3) is 2.03. The van der Waals surface area contributed by atoms with Crippen LogP contribution < -0.4 is 0 Å². The van der Waals surface area contributed by atoms with Crippen molar-refractivity contribution in [3.63, 3.8) is 0 Å². The minimum Gasteiger partial charge on any atom is -0.312 e. The van der Waals surface area contributed by atoms with Gasteiger partial charge in [-0.25, -0.2) is 4.98 Å². The van der Waals surface area contributed by atoms with Crippen LogP contribution in [0.15, 0.2) is 49.1 Å². The fraction of sp³-hybridized carbons (Fsp3) is 0. The molecule has 0 N–H and O–H groups in total. The van der Waals surface area contributed by atoms with Crippen LogP contribution in [0, 0.1) is 0 Å². The summed E-state index contributed by atoms with van der Waals surface area (Å²) < 4.78 is 1.81. The zero-order valence-electron chi connectivity index (χ0n) is 7.47. The van der Waals surface area contributed by atoms with Crippen LogP contribution in [0.4, 0.5) is 0 Å². The van der Waals surface area contributed by atoms with Crippen LogP contribution in [-0.4, -0.2) is 9.55 Å². The van der Waals surface area contributed by atoms with Gasteiger partial charge in [-0.05, 0) is 5.56 Å². The van der Waals surface area contributed by atoms with E-state index in [-0.39, 0.29) is 0 Å². The molecule has 0 fully saturated rings. The van der Waals surface area contributed by atoms with Gasteiger partial charge in [0, 0.05) is 18.6 Å². The first-order valence-corrected chi connectivity index (χ1v) is 4.64. The Bertz CT molecular complexity index is 418. The second-order valence-corrected chi connectivity index (χ2v) is 3.26. The Morgan fingerprint density at radius 1 is 1.29 bits per heavy atom. The number of benzene rings is 1. The molecule has 0 bridgehead atoms. The second-order valence-electron chi connectivity index (χ2n) is 2.85. The molecule has 0 aliphatic heterocycles. The van der Waals surface area contributed by atoms with E-state index < -0.39 is 0 Å². The van der Waals surface area contributed by atoms with Gasteiger partial charge < -0.3 is 4.57 Å². The number of rotatable bonds is 2. The maximum absolute atomic E-state index is 6.11. The summed E-state index contributed by atoms with van der Waals surface area (Å²) in [5, 5.41) is 0.698. The second kappa shape index (κ2) is 4.11. The van der Waals surface area contributed by atoms with Crippen LogP contribution >= 0.6 is 11.6 Å². The molecule has 1 heterocycles. The van der Waals surface area contributed by atoms with Gasteiger partial charge in [-0.2, -0.15) is 0 Å². The summed E-state index contributed by atoms with van der Waals surface area (Å²) in [6, 6.07) is 9.81. The molecular weight excluding hydrogens is 196 g/mol. The van der Waals surface area contributed by atoms with Crippen LogP contribution in [0.25, 0.3) is 11.2 Å². The molecule has 0 saturated carbocycles. The van der Waals surface area contributed by atoms with Crippen molar-refractivity contribution in [1.82, 2.24) is 9.55 Å². The fourth-order valence-corrected chi connectivity index (χ4v) is 1.39. The molecule has 1 aromatic carbocycles. The third-order valence-corrected chi connectivity index (χ3v) is 2.15. The average Bonchev–Trinajstić information content (AvgIpc) is 2.72. The van der Waals surface area contributed by atoms with Crippen LogP contribution in [0.2, 0.25) is 0 Å². The summed E-state index contributed by atoms with van der Waals surface area (Å²) in [6.45, 7) is 0. The number of hydrogen-bond acceptors (Lipinski definition) is 1. The summed E-state index contributed by atoms with van der Waals surface area (Å²) in [5.74, 6) is 0. The van der Waals surface area contributed by atoms with Crippen molar-refractivity contribution in [3.8, 4) is 0 Å². The van der Waals surface area contributed by atoms with Crippen LogP contribution in [-0.2, 0) is 0 Å². The number of halogens is 1. The Morgan fingerprint density at radius 3 is 2.71 bits per heavy atom. The van der Waals surface area contributed by atoms with E-state index in [9.17, 15) is 0 Å². The lowest BCUT2D eigenvalue weighted by Gasteiger charge is -1.98. The fourth-order valence-electron chi connectivity index (χ4n) is 1.15. The highest BCUT2D eigenvalue weighted by Gasteiger charge is 1.95. The first-order valence-electron chi connectivity index (χ1n) is 4.26.